The molecule has 294 valence electrons. The van der Waals surface area contributed by atoms with Crippen molar-refractivity contribution in [3.05, 3.63) is 131 Å². The summed E-state index contributed by atoms with van der Waals surface area (Å²) in [5, 5.41) is 0. The summed E-state index contributed by atoms with van der Waals surface area (Å²) >= 11 is 0. The molecule has 0 aliphatic rings. The summed E-state index contributed by atoms with van der Waals surface area (Å²) in [6.07, 6.45) is 19.5. The molecule has 0 unspecified atom stereocenters. The van der Waals surface area contributed by atoms with Crippen molar-refractivity contribution < 1.29 is 38.1 Å². The zero-order chi connectivity index (χ0) is 39.8. The number of esters is 4. The van der Waals surface area contributed by atoms with Crippen molar-refractivity contribution in [2.45, 2.75) is 90.9 Å². The van der Waals surface area contributed by atoms with E-state index in [-0.39, 0.29) is 0 Å². The van der Waals surface area contributed by atoms with Gasteiger partial charge in [0, 0.05) is 12.2 Å². The van der Waals surface area contributed by atoms with Gasteiger partial charge in [-0.15, -0.1) is 0 Å². The summed E-state index contributed by atoms with van der Waals surface area (Å²) in [5.74, 6) is -1.13. The summed E-state index contributed by atoms with van der Waals surface area (Å²) in [7, 11) is 0. The minimum absolute atomic E-state index is 0.353. The molecule has 4 aromatic rings. The molecular weight excluding hydrogens is 705 g/mol. The molecule has 0 aliphatic carbocycles. The molecule has 0 fully saturated rings. The second-order valence-electron chi connectivity index (χ2n) is 13.6. The van der Waals surface area contributed by atoms with Gasteiger partial charge < -0.3 is 18.9 Å². The van der Waals surface area contributed by atoms with E-state index in [4.69, 9.17) is 18.9 Å². The Bertz CT molecular complexity index is 1750. The number of hydrogen-bond acceptors (Lipinski definition) is 8. The van der Waals surface area contributed by atoms with Gasteiger partial charge in [0.1, 0.15) is 11.5 Å². The van der Waals surface area contributed by atoms with Crippen LogP contribution in [0, 0.1) is 0 Å². The SMILES string of the molecule is CCCCCCCCOC(=O)/C=C/c1cccc(OC(=O)c2ccc(-c3ccc(C(=O)Oc4cccc(/C=C/C(=O)OCCCCCCCC)c4)cc3)cc2)c1. The predicted molar refractivity (Wildman–Crippen MR) is 221 cm³/mol. The Morgan fingerprint density at radius 3 is 1.23 bits per heavy atom. The molecule has 0 atom stereocenters. The van der Waals surface area contributed by atoms with E-state index in [1.165, 1.54) is 50.7 Å². The zero-order valence-electron chi connectivity index (χ0n) is 32.7. The van der Waals surface area contributed by atoms with Crippen LogP contribution in [0.1, 0.15) is 123 Å². The average molecular weight is 759 g/mol. The van der Waals surface area contributed by atoms with Crippen LogP contribution in [0.3, 0.4) is 0 Å². The fraction of sp³-hybridized carbons (Fsp3) is 0.333. The Hall–Kier alpha value is -5.76. The van der Waals surface area contributed by atoms with Crippen LogP contribution >= 0.6 is 0 Å². The lowest BCUT2D eigenvalue weighted by Crippen LogP contribution is -2.08. The van der Waals surface area contributed by atoms with Crippen molar-refractivity contribution in [2.24, 2.45) is 0 Å². The second kappa shape index (κ2) is 24.6. The standard InChI is InChI=1S/C48H54O8/c1-3-5-7-9-11-13-33-53-45(49)31-21-37-17-15-19-43(35-37)55-47(51)41-27-23-39(24-28-41)40-25-29-42(30-26-40)48(52)56-44-20-16-18-38(36-44)22-32-46(50)54-34-14-12-10-8-6-4-2/h15-32,35-36H,3-14,33-34H2,1-2H3/b31-21+,32-22+. The third-order valence-corrected chi connectivity index (χ3v) is 9.02. The van der Waals surface area contributed by atoms with Crippen molar-refractivity contribution in [3.63, 3.8) is 0 Å². The lowest BCUT2D eigenvalue weighted by molar-refractivity contribution is -0.138. The maximum absolute atomic E-state index is 12.9. The smallest absolute Gasteiger partial charge is 0.343 e. The maximum Gasteiger partial charge on any atom is 0.343 e. The molecule has 0 heterocycles. The maximum atomic E-state index is 12.9. The van der Waals surface area contributed by atoms with Crippen LogP contribution in [0.4, 0.5) is 0 Å². The normalized spacial score (nSPS) is 11.1. The summed E-state index contributed by atoms with van der Waals surface area (Å²) in [6, 6.07) is 27.8. The molecule has 0 saturated heterocycles. The Labute approximate surface area is 331 Å². The van der Waals surface area contributed by atoms with E-state index in [1.807, 2.05) is 36.4 Å². The molecule has 0 aromatic heterocycles. The van der Waals surface area contributed by atoms with Crippen LogP contribution in [-0.2, 0) is 19.1 Å². The van der Waals surface area contributed by atoms with Gasteiger partial charge in [0.25, 0.3) is 0 Å². The second-order valence-corrected chi connectivity index (χ2v) is 13.6. The van der Waals surface area contributed by atoms with Crippen molar-refractivity contribution in [2.75, 3.05) is 13.2 Å². The molecule has 4 rings (SSSR count). The van der Waals surface area contributed by atoms with Gasteiger partial charge in [-0.25, -0.2) is 19.2 Å². The minimum Gasteiger partial charge on any atom is -0.463 e. The van der Waals surface area contributed by atoms with Gasteiger partial charge in [-0.3, -0.25) is 0 Å². The first kappa shape index (κ1) is 43.0. The summed E-state index contributed by atoms with van der Waals surface area (Å²) in [6.45, 7) is 5.18. The third kappa shape index (κ3) is 15.9. The highest BCUT2D eigenvalue weighted by Gasteiger charge is 2.12. The molecule has 0 aliphatic heterocycles. The fourth-order valence-corrected chi connectivity index (χ4v) is 5.83. The average Bonchev–Trinajstić information content (AvgIpc) is 3.22. The van der Waals surface area contributed by atoms with Gasteiger partial charge >= 0.3 is 23.9 Å². The largest absolute Gasteiger partial charge is 0.463 e. The Kier molecular flexibility index (Phi) is 18.9. The van der Waals surface area contributed by atoms with Crippen molar-refractivity contribution in [3.8, 4) is 22.6 Å². The molecule has 8 nitrogen and oxygen atoms in total. The molecule has 0 saturated carbocycles. The number of benzene rings is 4. The number of hydrogen-bond donors (Lipinski definition) is 0. The Morgan fingerprint density at radius 1 is 0.464 bits per heavy atom. The quantitative estimate of drug-likeness (QED) is 0.0319. The van der Waals surface area contributed by atoms with Crippen LogP contribution in [0.5, 0.6) is 11.5 Å². The molecule has 4 aromatic carbocycles. The monoisotopic (exact) mass is 758 g/mol. The summed E-state index contributed by atoms with van der Waals surface area (Å²) in [5.41, 5.74) is 3.84. The fourth-order valence-electron chi connectivity index (χ4n) is 5.83. The lowest BCUT2D eigenvalue weighted by atomic mass is 10.0. The molecule has 0 bridgehead atoms. The van der Waals surface area contributed by atoms with Crippen molar-refractivity contribution in [1.82, 2.24) is 0 Å². The van der Waals surface area contributed by atoms with Gasteiger partial charge in [0.05, 0.1) is 24.3 Å². The minimum atomic E-state index is -0.517. The van der Waals surface area contributed by atoms with E-state index in [1.54, 1.807) is 72.8 Å². The number of unbranched alkanes of at least 4 members (excludes halogenated alkanes) is 10. The third-order valence-electron chi connectivity index (χ3n) is 9.02. The molecule has 0 N–H and O–H groups in total. The number of carbonyl (C=O) groups excluding carboxylic acids is 4. The van der Waals surface area contributed by atoms with Crippen LogP contribution in [0.25, 0.3) is 23.3 Å². The highest BCUT2D eigenvalue weighted by Crippen LogP contribution is 2.23. The topological polar surface area (TPSA) is 105 Å². The number of carbonyl (C=O) groups is 4. The molecule has 56 heavy (non-hydrogen) atoms. The van der Waals surface area contributed by atoms with Crippen LogP contribution in [0.15, 0.2) is 109 Å². The molecule has 8 heteroatoms. The van der Waals surface area contributed by atoms with Gasteiger partial charge in [-0.05, 0) is 95.8 Å². The predicted octanol–water partition coefficient (Wildman–Crippen LogP) is 11.6. The Balaban J connectivity index is 1.22. The number of rotatable bonds is 23. The zero-order valence-corrected chi connectivity index (χ0v) is 32.7. The van der Waals surface area contributed by atoms with Crippen LogP contribution < -0.4 is 9.47 Å². The first-order valence-electron chi connectivity index (χ1n) is 19.9. The van der Waals surface area contributed by atoms with E-state index in [0.29, 0.717) is 47.0 Å². The first-order chi connectivity index (χ1) is 27.3. The Morgan fingerprint density at radius 2 is 0.839 bits per heavy atom. The van der Waals surface area contributed by atoms with E-state index in [9.17, 15) is 19.2 Å². The van der Waals surface area contributed by atoms with E-state index in [0.717, 1.165) is 49.7 Å². The van der Waals surface area contributed by atoms with Gasteiger partial charge in [-0.1, -0.05) is 127 Å². The first-order valence-corrected chi connectivity index (χ1v) is 19.9. The molecular formula is C48H54O8. The van der Waals surface area contributed by atoms with Gasteiger partial charge in [0.15, 0.2) is 0 Å². The highest BCUT2D eigenvalue weighted by atomic mass is 16.5. The van der Waals surface area contributed by atoms with Crippen LogP contribution in [-0.4, -0.2) is 37.1 Å². The van der Waals surface area contributed by atoms with Crippen molar-refractivity contribution >= 4 is 36.0 Å². The molecule has 0 amide bonds. The summed E-state index contributed by atoms with van der Waals surface area (Å²) < 4.78 is 21.8. The summed E-state index contributed by atoms with van der Waals surface area (Å²) in [4.78, 5) is 50.1. The molecule has 0 spiro atoms. The lowest BCUT2D eigenvalue weighted by Gasteiger charge is -2.08. The van der Waals surface area contributed by atoms with E-state index in [2.05, 4.69) is 13.8 Å². The van der Waals surface area contributed by atoms with Crippen LogP contribution in [0.2, 0.25) is 0 Å². The van der Waals surface area contributed by atoms with Gasteiger partial charge in [-0.2, -0.15) is 0 Å². The highest BCUT2D eigenvalue weighted by molar-refractivity contribution is 5.93. The molecule has 0 radical (unpaired) electrons. The van der Waals surface area contributed by atoms with E-state index >= 15 is 0 Å². The number of ether oxygens (including phenoxy) is 4. The van der Waals surface area contributed by atoms with Crippen molar-refractivity contribution in [1.29, 1.82) is 0 Å². The van der Waals surface area contributed by atoms with Gasteiger partial charge in [0.2, 0.25) is 0 Å². The van der Waals surface area contributed by atoms with E-state index < -0.39 is 23.9 Å².